The van der Waals surface area contributed by atoms with E-state index < -0.39 is 11.8 Å². The van der Waals surface area contributed by atoms with Gasteiger partial charge in [-0.15, -0.1) is 11.3 Å². The van der Waals surface area contributed by atoms with Crippen molar-refractivity contribution in [3.8, 4) is 17.0 Å². The van der Waals surface area contributed by atoms with Crippen molar-refractivity contribution >= 4 is 28.8 Å². The van der Waals surface area contributed by atoms with E-state index in [0.717, 1.165) is 102 Å². The predicted molar refractivity (Wildman–Crippen MR) is 180 cm³/mol. The smallest absolute Gasteiger partial charge is 0.258 e. The van der Waals surface area contributed by atoms with Crippen LogP contribution in [-0.2, 0) is 11.2 Å². The molecule has 0 saturated carbocycles. The molecule has 1 unspecified atom stereocenters. The maximum Gasteiger partial charge on any atom is 0.258 e. The molecule has 0 aliphatic carbocycles. The number of piperazine rings is 1. The van der Waals surface area contributed by atoms with Gasteiger partial charge >= 0.3 is 0 Å². The van der Waals surface area contributed by atoms with Gasteiger partial charge in [-0.2, -0.15) is 0 Å². The number of nitrogens with one attached hydrogen (secondary N) is 1. The third-order valence-electron chi connectivity index (χ3n) is 8.75. The maximum absolute atomic E-state index is 13.3. The molecule has 0 bridgehead atoms. The highest BCUT2D eigenvalue weighted by atomic mass is 32.1. The number of anilines is 1. The average molecular weight is 624 g/mol. The van der Waals surface area contributed by atoms with Gasteiger partial charge in [-0.05, 0) is 86.7 Å². The number of aromatic nitrogens is 1. The van der Waals surface area contributed by atoms with Crippen LogP contribution in [-0.4, -0.2) is 67.6 Å². The van der Waals surface area contributed by atoms with Crippen molar-refractivity contribution in [3.05, 3.63) is 98.9 Å². The molecule has 1 atom stereocenters. The molecule has 2 aliphatic heterocycles. The van der Waals surface area contributed by atoms with Crippen molar-refractivity contribution in [2.24, 2.45) is 5.73 Å². The Morgan fingerprint density at radius 1 is 1.00 bits per heavy atom. The lowest BCUT2D eigenvalue weighted by Gasteiger charge is -2.27. The van der Waals surface area contributed by atoms with E-state index in [1.54, 1.807) is 0 Å². The molecular formula is C36H41N5O3S. The van der Waals surface area contributed by atoms with E-state index >= 15 is 0 Å². The summed E-state index contributed by atoms with van der Waals surface area (Å²) in [5.74, 6) is -0.353. The fourth-order valence-corrected chi connectivity index (χ4v) is 7.38. The predicted octanol–water partition coefficient (Wildman–Crippen LogP) is 5.31. The van der Waals surface area contributed by atoms with E-state index in [2.05, 4.69) is 16.3 Å². The largest absolute Gasteiger partial charge is 0.494 e. The molecule has 6 rings (SSSR count). The Hall–Kier alpha value is -4.05. The Morgan fingerprint density at radius 3 is 2.62 bits per heavy atom. The van der Waals surface area contributed by atoms with E-state index in [-0.39, 0.29) is 5.91 Å². The van der Waals surface area contributed by atoms with Gasteiger partial charge in [-0.25, -0.2) is 4.98 Å². The topological polar surface area (TPSA) is 101 Å². The summed E-state index contributed by atoms with van der Waals surface area (Å²) in [6, 6.07) is 21.5. The molecule has 2 aliphatic rings. The van der Waals surface area contributed by atoms with Gasteiger partial charge in [0.15, 0.2) is 0 Å². The number of amides is 2. The minimum Gasteiger partial charge on any atom is -0.494 e. The molecule has 1 fully saturated rings. The van der Waals surface area contributed by atoms with Crippen molar-refractivity contribution in [1.82, 2.24) is 15.2 Å². The van der Waals surface area contributed by atoms with Crippen molar-refractivity contribution < 1.29 is 14.3 Å². The zero-order valence-electron chi connectivity index (χ0n) is 26.1. The monoisotopic (exact) mass is 623 g/mol. The van der Waals surface area contributed by atoms with Crippen molar-refractivity contribution in [2.45, 2.75) is 39.0 Å². The SMILES string of the molecule is Cc1ccccc1C(=O)N1CCc2cc(-c3nc(C(C(N)=O)c4cccc(OCCCCN5CCNCC5)c4)sc3C)ccc21. The van der Waals surface area contributed by atoms with Gasteiger partial charge in [0, 0.05) is 54.4 Å². The van der Waals surface area contributed by atoms with Crippen LogP contribution >= 0.6 is 11.3 Å². The van der Waals surface area contributed by atoms with E-state index in [4.69, 9.17) is 15.5 Å². The van der Waals surface area contributed by atoms with Gasteiger partial charge < -0.3 is 25.6 Å². The number of fused-ring (bicyclic) bond motifs is 1. The first-order valence-electron chi connectivity index (χ1n) is 15.8. The number of aryl methyl sites for hydroxylation is 2. The third kappa shape index (κ3) is 6.96. The number of rotatable bonds is 11. The second-order valence-electron chi connectivity index (χ2n) is 11.9. The molecule has 3 N–H and O–H groups in total. The van der Waals surface area contributed by atoms with E-state index in [9.17, 15) is 9.59 Å². The van der Waals surface area contributed by atoms with Gasteiger partial charge in [0.1, 0.15) is 16.7 Å². The lowest BCUT2D eigenvalue weighted by atomic mass is 9.98. The lowest BCUT2D eigenvalue weighted by molar-refractivity contribution is -0.118. The summed E-state index contributed by atoms with van der Waals surface area (Å²) in [5, 5.41) is 4.06. The molecule has 8 nitrogen and oxygen atoms in total. The Labute approximate surface area is 269 Å². The molecule has 3 aromatic carbocycles. The van der Waals surface area contributed by atoms with Gasteiger partial charge in [0.2, 0.25) is 5.91 Å². The zero-order chi connectivity index (χ0) is 31.3. The van der Waals surface area contributed by atoms with Crippen LogP contribution in [0.1, 0.15) is 55.7 Å². The van der Waals surface area contributed by atoms with Gasteiger partial charge in [0.25, 0.3) is 5.91 Å². The number of nitrogens with zero attached hydrogens (tertiary/aromatic N) is 3. The minimum absolute atomic E-state index is 0.0254. The number of primary amides is 1. The number of carbonyl (C=O) groups excluding carboxylic acids is 2. The van der Waals surface area contributed by atoms with Crippen LogP contribution in [0.25, 0.3) is 11.3 Å². The quantitative estimate of drug-likeness (QED) is 0.220. The van der Waals surface area contributed by atoms with Crippen molar-refractivity contribution in [3.63, 3.8) is 0 Å². The van der Waals surface area contributed by atoms with Crippen molar-refractivity contribution in [1.29, 1.82) is 0 Å². The molecule has 45 heavy (non-hydrogen) atoms. The summed E-state index contributed by atoms with van der Waals surface area (Å²) < 4.78 is 6.07. The van der Waals surface area contributed by atoms with E-state index in [0.29, 0.717) is 18.2 Å². The molecule has 3 heterocycles. The maximum atomic E-state index is 13.3. The highest BCUT2D eigenvalue weighted by molar-refractivity contribution is 7.12. The number of thiazole rings is 1. The second-order valence-corrected chi connectivity index (χ2v) is 13.1. The lowest BCUT2D eigenvalue weighted by Crippen LogP contribution is -2.43. The van der Waals surface area contributed by atoms with Crippen LogP contribution in [0.3, 0.4) is 0 Å². The summed E-state index contributed by atoms with van der Waals surface area (Å²) in [4.78, 5) is 36.5. The van der Waals surface area contributed by atoms with Gasteiger partial charge in [-0.1, -0.05) is 36.4 Å². The Bertz CT molecular complexity index is 1680. The van der Waals surface area contributed by atoms with E-state index in [1.807, 2.05) is 79.4 Å². The number of hydrogen-bond donors (Lipinski definition) is 2. The van der Waals surface area contributed by atoms with Crippen LogP contribution in [0.15, 0.2) is 66.7 Å². The van der Waals surface area contributed by atoms with Crippen LogP contribution in [0.2, 0.25) is 0 Å². The van der Waals surface area contributed by atoms with Gasteiger partial charge in [0.05, 0.1) is 12.3 Å². The summed E-state index contributed by atoms with van der Waals surface area (Å²) in [5.41, 5.74) is 12.3. The molecule has 9 heteroatoms. The summed E-state index contributed by atoms with van der Waals surface area (Å²) in [6.07, 6.45) is 2.85. The molecule has 2 amide bonds. The fraction of sp³-hybridized carbons (Fsp3) is 0.361. The molecule has 1 saturated heterocycles. The standard InChI is InChI=1S/C36H41N5O3S/c1-24-8-3-4-11-30(24)36(43)41-18-14-26-22-28(12-13-31(26)41)33-25(2)45-35(39-33)32(34(37)42)27-9-7-10-29(23-27)44-21-6-5-17-40-19-15-38-16-20-40/h3-4,7-13,22-23,32,38H,5-6,14-21H2,1-2H3,(H2,37,42). The normalized spacial score (nSPS) is 15.6. The Kier molecular flexibility index (Phi) is 9.59. The van der Waals surface area contributed by atoms with Crippen LogP contribution in [0.4, 0.5) is 5.69 Å². The Morgan fingerprint density at radius 2 is 1.82 bits per heavy atom. The number of benzene rings is 3. The first-order valence-corrected chi connectivity index (χ1v) is 16.6. The number of nitrogens with two attached hydrogens (primary N) is 1. The first-order chi connectivity index (χ1) is 21.9. The number of ether oxygens (including phenoxy) is 1. The highest BCUT2D eigenvalue weighted by Crippen LogP contribution is 2.38. The second kappa shape index (κ2) is 13.9. The van der Waals surface area contributed by atoms with Crippen LogP contribution in [0, 0.1) is 13.8 Å². The number of carbonyl (C=O) groups is 2. The number of unbranched alkanes of at least 4 members (excludes halogenated alkanes) is 1. The molecule has 4 aromatic rings. The average Bonchev–Trinajstić information content (AvgIpc) is 3.64. The molecular weight excluding hydrogens is 582 g/mol. The zero-order valence-corrected chi connectivity index (χ0v) is 26.9. The molecule has 0 spiro atoms. The first kappa shape index (κ1) is 31.0. The highest BCUT2D eigenvalue weighted by Gasteiger charge is 2.29. The van der Waals surface area contributed by atoms with Crippen LogP contribution in [0.5, 0.6) is 5.75 Å². The van der Waals surface area contributed by atoms with Crippen LogP contribution < -0.4 is 20.7 Å². The van der Waals surface area contributed by atoms with E-state index in [1.165, 1.54) is 11.3 Å². The molecule has 1 aromatic heterocycles. The summed E-state index contributed by atoms with van der Waals surface area (Å²) in [7, 11) is 0. The minimum atomic E-state index is -0.671. The summed E-state index contributed by atoms with van der Waals surface area (Å²) >= 11 is 1.50. The fourth-order valence-electron chi connectivity index (χ4n) is 6.30. The molecule has 0 radical (unpaired) electrons. The third-order valence-corrected chi connectivity index (χ3v) is 9.79. The summed E-state index contributed by atoms with van der Waals surface area (Å²) in [6.45, 7) is 10.7. The Balaban J connectivity index is 1.15. The van der Waals surface area contributed by atoms with Crippen molar-refractivity contribution in [2.75, 3.05) is 50.8 Å². The molecule has 234 valence electrons. The van der Waals surface area contributed by atoms with Gasteiger partial charge in [-0.3, -0.25) is 9.59 Å². The number of hydrogen-bond acceptors (Lipinski definition) is 7.